The van der Waals surface area contributed by atoms with Gasteiger partial charge in [-0.25, -0.2) is 0 Å². The minimum Gasteiger partial charge on any atom is -0.481 e. The number of likely N-dealkylation sites (N-methyl/N-ethyl adjacent to an activating group) is 1. The van der Waals surface area contributed by atoms with Gasteiger partial charge in [0.25, 0.3) is 5.91 Å². The average Bonchev–Trinajstić information content (AvgIpc) is 2.98. The predicted octanol–water partition coefficient (Wildman–Crippen LogP) is 3.26. The Morgan fingerprint density at radius 2 is 1.75 bits per heavy atom. The monoisotopic (exact) mass is 486 g/mol. The van der Waals surface area contributed by atoms with Crippen LogP contribution in [0.4, 0.5) is 11.4 Å². The third kappa shape index (κ3) is 5.72. The number of carboxylic acids is 1. The molecule has 0 spiro atoms. The summed E-state index contributed by atoms with van der Waals surface area (Å²) in [5.74, 6) is -1.50. The quantitative estimate of drug-likeness (QED) is 0.450. The lowest BCUT2D eigenvalue weighted by atomic mass is 10.1. The summed E-state index contributed by atoms with van der Waals surface area (Å²) in [6.07, 6.45) is 0.356. The number of carbonyl (C=O) groups is 3. The van der Waals surface area contributed by atoms with Crippen molar-refractivity contribution < 1.29 is 19.5 Å². The van der Waals surface area contributed by atoms with Crippen LogP contribution in [0.2, 0.25) is 0 Å². The molecule has 4 N–H and O–H groups in total. The molecular formula is C28H30N4O4. The van der Waals surface area contributed by atoms with E-state index in [-0.39, 0.29) is 18.2 Å². The second-order valence-electron chi connectivity index (χ2n) is 8.92. The van der Waals surface area contributed by atoms with Gasteiger partial charge in [0.2, 0.25) is 5.91 Å². The van der Waals surface area contributed by atoms with E-state index in [2.05, 4.69) is 5.32 Å². The van der Waals surface area contributed by atoms with Gasteiger partial charge in [0.15, 0.2) is 0 Å². The lowest BCUT2D eigenvalue weighted by Gasteiger charge is -2.29. The third-order valence-corrected chi connectivity index (χ3v) is 6.48. The zero-order valence-electron chi connectivity index (χ0n) is 20.2. The third-order valence-electron chi connectivity index (χ3n) is 6.48. The molecule has 0 saturated heterocycles. The van der Waals surface area contributed by atoms with Crippen molar-refractivity contribution in [2.24, 2.45) is 5.73 Å². The zero-order valence-corrected chi connectivity index (χ0v) is 20.2. The topological polar surface area (TPSA) is 116 Å². The Kier molecular flexibility index (Phi) is 7.65. The number of nitrogens with zero attached hydrogens (tertiary/aromatic N) is 2. The van der Waals surface area contributed by atoms with E-state index in [9.17, 15) is 19.5 Å². The molecule has 3 aromatic rings. The SMILES string of the molecule is CN1c2ccc(NC(=O)c3ccc(CN)cc3)cc2CN(CCc2ccccc2)C(=O)C1CC(=O)O. The molecule has 0 saturated carbocycles. The highest BCUT2D eigenvalue weighted by molar-refractivity contribution is 6.04. The second-order valence-corrected chi connectivity index (χ2v) is 8.92. The molecule has 3 aromatic carbocycles. The van der Waals surface area contributed by atoms with Crippen LogP contribution >= 0.6 is 0 Å². The molecule has 1 aliphatic rings. The first kappa shape index (κ1) is 24.9. The van der Waals surface area contributed by atoms with Crippen molar-refractivity contribution in [1.29, 1.82) is 0 Å². The van der Waals surface area contributed by atoms with E-state index in [1.165, 1.54) is 0 Å². The van der Waals surface area contributed by atoms with Crippen molar-refractivity contribution in [1.82, 2.24) is 4.90 Å². The summed E-state index contributed by atoms with van der Waals surface area (Å²) < 4.78 is 0. The fourth-order valence-electron chi connectivity index (χ4n) is 4.44. The molecule has 0 radical (unpaired) electrons. The molecule has 0 aliphatic carbocycles. The number of hydrogen-bond donors (Lipinski definition) is 3. The predicted molar refractivity (Wildman–Crippen MR) is 139 cm³/mol. The van der Waals surface area contributed by atoms with Gasteiger partial charge in [-0.2, -0.15) is 0 Å². The summed E-state index contributed by atoms with van der Waals surface area (Å²) in [6.45, 7) is 1.18. The number of carbonyl (C=O) groups excluding carboxylic acids is 2. The molecule has 0 fully saturated rings. The number of benzene rings is 3. The smallest absolute Gasteiger partial charge is 0.305 e. The van der Waals surface area contributed by atoms with E-state index >= 15 is 0 Å². The Morgan fingerprint density at radius 1 is 1.03 bits per heavy atom. The van der Waals surface area contributed by atoms with Crippen LogP contribution < -0.4 is 16.0 Å². The fourth-order valence-corrected chi connectivity index (χ4v) is 4.44. The lowest BCUT2D eigenvalue weighted by molar-refractivity contribution is -0.142. The number of rotatable bonds is 8. The van der Waals surface area contributed by atoms with Crippen LogP contribution in [0.25, 0.3) is 0 Å². The number of carboxylic acid groups (broad SMARTS) is 1. The molecule has 0 bridgehead atoms. The maximum Gasteiger partial charge on any atom is 0.305 e. The van der Waals surface area contributed by atoms with Crippen molar-refractivity contribution in [2.45, 2.75) is 32.0 Å². The van der Waals surface area contributed by atoms with Gasteiger partial charge < -0.3 is 26.0 Å². The highest BCUT2D eigenvalue weighted by Crippen LogP contribution is 2.31. The standard InChI is InChI=1S/C28H30N4O4/c1-31-24-12-11-23(30-27(35)21-9-7-20(17-29)8-10-21)15-22(24)18-32(28(36)25(31)16-26(33)34)14-13-19-5-3-2-4-6-19/h2-12,15,25H,13-14,16-18,29H2,1H3,(H,30,35)(H,33,34). The van der Waals surface area contributed by atoms with Crippen molar-refractivity contribution in [3.63, 3.8) is 0 Å². The minimum atomic E-state index is -1.03. The van der Waals surface area contributed by atoms with E-state index in [4.69, 9.17) is 5.73 Å². The molecule has 2 amide bonds. The number of amides is 2. The van der Waals surface area contributed by atoms with E-state index in [1.54, 1.807) is 35.0 Å². The van der Waals surface area contributed by atoms with E-state index in [0.717, 1.165) is 22.4 Å². The Labute approximate surface area is 210 Å². The zero-order chi connectivity index (χ0) is 25.7. The van der Waals surface area contributed by atoms with E-state index in [0.29, 0.717) is 37.3 Å². The first-order chi connectivity index (χ1) is 17.4. The molecule has 186 valence electrons. The van der Waals surface area contributed by atoms with Crippen molar-refractivity contribution >= 4 is 29.2 Å². The van der Waals surface area contributed by atoms with Crippen LogP contribution in [-0.4, -0.2) is 47.4 Å². The number of nitrogens with one attached hydrogen (secondary N) is 1. The Morgan fingerprint density at radius 3 is 2.42 bits per heavy atom. The maximum atomic E-state index is 13.4. The summed E-state index contributed by atoms with van der Waals surface area (Å²) in [6, 6.07) is 21.6. The number of hydrogen-bond acceptors (Lipinski definition) is 5. The first-order valence-electron chi connectivity index (χ1n) is 11.9. The van der Waals surface area contributed by atoms with Gasteiger partial charge in [-0.3, -0.25) is 14.4 Å². The van der Waals surface area contributed by atoms with Crippen molar-refractivity contribution in [3.8, 4) is 0 Å². The fraction of sp³-hybridized carbons (Fsp3) is 0.250. The molecular weight excluding hydrogens is 456 g/mol. The van der Waals surface area contributed by atoms with Crippen LogP contribution in [0.3, 0.4) is 0 Å². The Balaban J connectivity index is 1.59. The normalized spacial score (nSPS) is 15.3. The van der Waals surface area contributed by atoms with Crippen molar-refractivity contribution in [3.05, 3.63) is 95.1 Å². The number of nitrogens with two attached hydrogens (primary N) is 1. The van der Waals surface area contributed by atoms with Gasteiger partial charge >= 0.3 is 5.97 Å². The van der Waals surface area contributed by atoms with E-state index < -0.39 is 12.0 Å². The molecule has 1 aliphatic heterocycles. The highest BCUT2D eigenvalue weighted by Gasteiger charge is 2.34. The average molecular weight is 487 g/mol. The highest BCUT2D eigenvalue weighted by atomic mass is 16.4. The first-order valence-corrected chi connectivity index (χ1v) is 11.9. The van der Waals surface area contributed by atoms with Crippen LogP contribution in [-0.2, 0) is 29.1 Å². The van der Waals surface area contributed by atoms with Gasteiger partial charge in [0.1, 0.15) is 6.04 Å². The van der Waals surface area contributed by atoms with Crippen LogP contribution in [0, 0.1) is 0 Å². The van der Waals surface area contributed by atoms with Gasteiger partial charge in [-0.15, -0.1) is 0 Å². The molecule has 36 heavy (non-hydrogen) atoms. The molecule has 8 nitrogen and oxygen atoms in total. The number of aliphatic carboxylic acids is 1. The summed E-state index contributed by atoms with van der Waals surface area (Å²) in [4.78, 5) is 41.2. The summed E-state index contributed by atoms with van der Waals surface area (Å²) in [7, 11) is 1.74. The molecule has 1 heterocycles. The Bertz CT molecular complexity index is 1240. The molecule has 0 aromatic heterocycles. The minimum absolute atomic E-state index is 0.224. The van der Waals surface area contributed by atoms with E-state index in [1.807, 2.05) is 54.6 Å². The number of fused-ring (bicyclic) bond motifs is 1. The van der Waals surface area contributed by atoms with Gasteiger partial charge in [0, 0.05) is 43.6 Å². The van der Waals surface area contributed by atoms with Crippen molar-refractivity contribution in [2.75, 3.05) is 23.8 Å². The summed E-state index contributed by atoms with van der Waals surface area (Å²) >= 11 is 0. The summed E-state index contributed by atoms with van der Waals surface area (Å²) in [5.41, 5.74) is 10.4. The van der Waals surface area contributed by atoms with Gasteiger partial charge in [-0.05, 0) is 53.4 Å². The largest absolute Gasteiger partial charge is 0.481 e. The second kappa shape index (κ2) is 11.0. The van der Waals surface area contributed by atoms with Crippen LogP contribution in [0.1, 0.15) is 33.5 Å². The van der Waals surface area contributed by atoms with Crippen LogP contribution in [0.15, 0.2) is 72.8 Å². The molecule has 8 heteroatoms. The Hall–Kier alpha value is -4.17. The molecule has 4 rings (SSSR count). The van der Waals surface area contributed by atoms with Crippen LogP contribution in [0.5, 0.6) is 0 Å². The molecule has 1 atom stereocenters. The molecule has 1 unspecified atom stereocenters. The number of anilines is 2. The van der Waals surface area contributed by atoms with Gasteiger partial charge in [-0.1, -0.05) is 42.5 Å². The lowest BCUT2D eigenvalue weighted by Crippen LogP contribution is -2.46. The van der Waals surface area contributed by atoms with Gasteiger partial charge in [0.05, 0.1) is 6.42 Å². The summed E-state index contributed by atoms with van der Waals surface area (Å²) in [5, 5.41) is 12.4. The maximum absolute atomic E-state index is 13.4.